The maximum atomic E-state index is 5.20. The molecule has 106 valence electrons. The lowest BCUT2D eigenvalue weighted by Crippen LogP contribution is -2.04. The van der Waals surface area contributed by atoms with Crippen molar-refractivity contribution in [2.24, 2.45) is 0 Å². The van der Waals surface area contributed by atoms with Gasteiger partial charge in [-0.05, 0) is 48.9 Å². The van der Waals surface area contributed by atoms with Gasteiger partial charge >= 0.3 is 0 Å². The van der Waals surface area contributed by atoms with Crippen molar-refractivity contribution in [1.82, 2.24) is 20.4 Å². The van der Waals surface area contributed by atoms with E-state index in [9.17, 15) is 0 Å². The number of rotatable bonds is 4. The Morgan fingerprint density at radius 2 is 1.90 bits per heavy atom. The lowest BCUT2D eigenvalue weighted by Gasteiger charge is -2.07. The molecular formula is C16H16N4O. The Hall–Kier alpha value is -2.53. The van der Waals surface area contributed by atoms with Gasteiger partial charge in [-0.1, -0.05) is 17.3 Å². The molecule has 0 bridgehead atoms. The van der Waals surface area contributed by atoms with Gasteiger partial charge in [0.1, 0.15) is 0 Å². The largest absolute Gasteiger partial charge is 0.338 e. The van der Waals surface area contributed by atoms with E-state index in [-0.39, 0.29) is 0 Å². The molecule has 2 aromatic heterocycles. The Morgan fingerprint density at radius 3 is 2.67 bits per heavy atom. The summed E-state index contributed by atoms with van der Waals surface area (Å²) in [7, 11) is 1.84. The van der Waals surface area contributed by atoms with Crippen LogP contribution in [0.4, 0.5) is 0 Å². The highest BCUT2D eigenvalue weighted by Gasteiger charge is 2.10. The van der Waals surface area contributed by atoms with Gasteiger partial charge in [0.2, 0.25) is 11.7 Å². The molecule has 5 nitrogen and oxygen atoms in total. The second kappa shape index (κ2) is 5.85. The molecule has 1 aromatic carbocycles. The Kier molecular flexibility index (Phi) is 3.75. The van der Waals surface area contributed by atoms with Gasteiger partial charge < -0.3 is 9.84 Å². The molecule has 2 heterocycles. The molecule has 0 fully saturated rings. The average Bonchev–Trinajstić information content (AvgIpc) is 2.98. The third-order valence-corrected chi connectivity index (χ3v) is 3.28. The van der Waals surface area contributed by atoms with E-state index >= 15 is 0 Å². The van der Waals surface area contributed by atoms with Crippen LogP contribution in [-0.4, -0.2) is 22.2 Å². The zero-order valence-electron chi connectivity index (χ0n) is 12.0. The van der Waals surface area contributed by atoms with Crippen LogP contribution in [0.15, 0.2) is 47.2 Å². The summed E-state index contributed by atoms with van der Waals surface area (Å²) >= 11 is 0. The first-order valence-corrected chi connectivity index (χ1v) is 6.76. The van der Waals surface area contributed by atoms with Gasteiger partial charge in [-0.3, -0.25) is 4.98 Å². The Morgan fingerprint density at radius 1 is 1.10 bits per heavy atom. The van der Waals surface area contributed by atoms with E-state index in [1.165, 1.54) is 5.56 Å². The number of benzene rings is 1. The van der Waals surface area contributed by atoms with Crippen LogP contribution in [0.25, 0.3) is 22.5 Å². The molecule has 3 aromatic rings. The molecular weight excluding hydrogens is 264 g/mol. The Bertz CT molecular complexity index is 737. The molecule has 0 amide bonds. The number of hydrogen-bond donors (Lipinski definition) is 1. The van der Waals surface area contributed by atoms with Gasteiger partial charge in [0.15, 0.2) is 0 Å². The van der Waals surface area contributed by atoms with Crippen molar-refractivity contribution in [1.29, 1.82) is 0 Å². The van der Waals surface area contributed by atoms with Crippen molar-refractivity contribution in [3.8, 4) is 22.5 Å². The molecule has 0 spiro atoms. The summed E-state index contributed by atoms with van der Waals surface area (Å²) in [6.45, 7) is 2.65. The Balaban J connectivity index is 2.00. The fourth-order valence-electron chi connectivity index (χ4n) is 2.20. The first kappa shape index (κ1) is 13.5. The van der Waals surface area contributed by atoms with Crippen LogP contribution in [0.3, 0.4) is 0 Å². The molecule has 0 aliphatic carbocycles. The highest BCUT2D eigenvalue weighted by Crippen LogP contribution is 2.27. The zero-order valence-corrected chi connectivity index (χ0v) is 12.0. The number of pyridine rings is 1. The fraction of sp³-hybridized carbons (Fsp3) is 0.188. The van der Waals surface area contributed by atoms with Crippen LogP contribution in [-0.2, 0) is 6.54 Å². The predicted octanol–water partition coefficient (Wildman–Crippen LogP) is 2.83. The van der Waals surface area contributed by atoms with Gasteiger partial charge in [-0.25, -0.2) is 0 Å². The molecule has 5 heteroatoms. The highest BCUT2D eigenvalue weighted by molar-refractivity contribution is 5.72. The van der Waals surface area contributed by atoms with Crippen LogP contribution >= 0.6 is 0 Å². The van der Waals surface area contributed by atoms with Gasteiger partial charge in [0.05, 0.1) is 6.54 Å². The summed E-state index contributed by atoms with van der Waals surface area (Å²) in [5.74, 6) is 1.19. The van der Waals surface area contributed by atoms with Crippen molar-refractivity contribution in [3.63, 3.8) is 0 Å². The van der Waals surface area contributed by atoms with Gasteiger partial charge in [-0.15, -0.1) is 0 Å². The molecule has 0 aliphatic rings. The molecule has 21 heavy (non-hydrogen) atoms. The molecule has 0 atom stereocenters. The number of nitrogens with one attached hydrogen (secondary N) is 1. The minimum absolute atomic E-state index is 0.566. The van der Waals surface area contributed by atoms with Gasteiger partial charge in [-0.2, -0.15) is 4.98 Å². The normalized spacial score (nSPS) is 10.8. The third kappa shape index (κ3) is 2.83. The molecule has 3 rings (SSSR count). The van der Waals surface area contributed by atoms with Crippen LogP contribution in [0.5, 0.6) is 0 Å². The first-order chi connectivity index (χ1) is 10.3. The van der Waals surface area contributed by atoms with Crippen molar-refractivity contribution < 1.29 is 4.52 Å². The van der Waals surface area contributed by atoms with Crippen LogP contribution in [0, 0.1) is 6.92 Å². The molecule has 1 N–H and O–H groups in total. The second-order valence-corrected chi connectivity index (χ2v) is 4.81. The SMILES string of the molecule is CNCc1nc(-c2ccc(C)c(-c3ccncc3)c2)no1. The lowest BCUT2D eigenvalue weighted by atomic mass is 9.99. The lowest BCUT2D eigenvalue weighted by molar-refractivity contribution is 0.372. The first-order valence-electron chi connectivity index (χ1n) is 6.76. The zero-order chi connectivity index (χ0) is 14.7. The maximum Gasteiger partial charge on any atom is 0.240 e. The smallest absolute Gasteiger partial charge is 0.240 e. The summed E-state index contributed by atoms with van der Waals surface area (Å²) in [6, 6.07) is 10.1. The number of aryl methyl sites for hydroxylation is 1. The predicted molar refractivity (Wildman–Crippen MR) is 80.5 cm³/mol. The summed E-state index contributed by atoms with van der Waals surface area (Å²) in [5.41, 5.74) is 4.42. The van der Waals surface area contributed by atoms with Crippen molar-refractivity contribution in [2.45, 2.75) is 13.5 Å². The van der Waals surface area contributed by atoms with E-state index in [2.05, 4.69) is 39.5 Å². The second-order valence-electron chi connectivity index (χ2n) is 4.81. The highest BCUT2D eigenvalue weighted by atomic mass is 16.5. The van der Waals surface area contributed by atoms with Crippen LogP contribution in [0.2, 0.25) is 0 Å². The number of nitrogens with zero attached hydrogens (tertiary/aromatic N) is 3. The van der Waals surface area contributed by atoms with Crippen molar-refractivity contribution >= 4 is 0 Å². The summed E-state index contributed by atoms with van der Waals surface area (Å²) in [6.07, 6.45) is 3.58. The molecule has 0 saturated carbocycles. The molecule has 0 saturated heterocycles. The van der Waals surface area contributed by atoms with E-state index < -0.39 is 0 Å². The topological polar surface area (TPSA) is 63.8 Å². The average molecular weight is 280 g/mol. The van der Waals surface area contributed by atoms with E-state index in [0.717, 1.165) is 16.7 Å². The fourth-order valence-corrected chi connectivity index (χ4v) is 2.20. The van der Waals surface area contributed by atoms with E-state index in [1.54, 1.807) is 12.4 Å². The Labute approximate surface area is 123 Å². The van der Waals surface area contributed by atoms with Gasteiger partial charge in [0.25, 0.3) is 0 Å². The van der Waals surface area contributed by atoms with Crippen molar-refractivity contribution in [2.75, 3.05) is 7.05 Å². The van der Waals surface area contributed by atoms with E-state index in [4.69, 9.17) is 4.52 Å². The standard InChI is InChI=1S/C16H16N4O/c1-11-3-4-13(16-19-15(10-17-2)21-20-16)9-14(11)12-5-7-18-8-6-12/h3-9,17H,10H2,1-2H3. The minimum Gasteiger partial charge on any atom is -0.338 e. The summed E-state index contributed by atoms with van der Waals surface area (Å²) < 4.78 is 5.20. The summed E-state index contributed by atoms with van der Waals surface area (Å²) in [4.78, 5) is 8.44. The third-order valence-electron chi connectivity index (χ3n) is 3.28. The van der Waals surface area contributed by atoms with E-state index in [1.807, 2.05) is 25.2 Å². The number of aromatic nitrogens is 3. The molecule has 0 aliphatic heterocycles. The minimum atomic E-state index is 0.566. The van der Waals surface area contributed by atoms with Crippen LogP contribution in [0.1, 0.15) is 11.5 Å². The number of hydrogen-bond acceptors (Lipinski definition) is 5. The maximum absolute atomic E-state index is 5.20. The quantitative estimate of drug-likeness (QED) is 0.796. The van der Waals surface area contributed by atoms with Crippen molar-refractivity contribution in [3.05, 3.63) is 54.2 Å². The molecule has 0 radical (unpaired) electrons. The monoisotopic (exact) mass is 280 g/mol. The van der Waals surface area contributed by atoms with E-state index in [0.29, 0.717) is 18.3 Å². The molecule has 0 unspecified atom stereocenters. The summed E-state index contributed by atoms with van der Waals surface area (Å²) in [5, 5.41) is 7.02. The van der Waals surface area contributed by atoms with Gasteiger partial charge in [0, 0.05) is 18.0 Å². The van der Waals surface area contributed by atoms with Crippen LogP contribution < -0.4 is 5.32 Å².